The van der Waals surface area contributed by atoms with Crippen molar-refractivity contribution in [3.8, 4) is 11.5 Å². The average Bonchev–Trinajstić information content (AvgIpc) is 2.86. The highest BCUT2D eigenvalue weighted by atomic mass is 35.5. The lowest BCUT2D eigenvalue weighted by atomic mass is 10.1. The van der Waals surface area contributed by atoms with Crippen molar-refractivity contribution >= 4 is 34.4 Å². The lowest BCUT2D eigenvalue weighted by Crippen LogP contribution is -2.29. The van der Waals surface area contributed by atoms with Gasteiger partial charge in [-0.2, -0.15) is 0 Å². The van der Waals surface area contributed by atoms with Crippen LogP contribution >= 0.6 is 11.6 Å². The number of hydrogen-bond donors (Lipinski definition) is 1. The lowest BCUT2D eigenvalue weighted by molar-refractivity contribution is -0.136. The number of rotatable bonds is 8. The molecule has 36 heavy (non-hydrogen) atoms. The van der Waals surface area contributed by atoms with Gasteiger partial charge in [-0.1, -0.05) is 41.9 Å². The number of fused-ring (bicyclic) bond motifs is 1. The summed E-state index contributed by atoms with van der Waals surface area (Å²) in [5, 5.41) is 3.91. The van der Waals surface area contributed by atoms with Crippen molar-refractivity contribution in [3.05, 3.63) is 104 Å². The Balaban J connectivity index is 1.38. The van der Waals surface area contributed by atoms with E-state index in [9.17, 15) is 14.4 Å². The molecule has 0 fully saturated rings. The number of benzene rings is 3. The minimum Gasteiger partial charge on any atom is -0.482 e. The van der Waals surface area contributed by atoms with E-state index in [2.05, 4.69) is 5.32 Å². The second-order valence-electron chi connectivity index (χ2n) is 8.27. The van der Waals surface area contributed by atoms with Crippen molar-refractivity contribution in [3.63, 3.8) is 0 Å². The van der Waals surface area contributed by atoms with Crippen LogP contribution in [0.1, 0.15) is 27.0 Å². The number of aryl methyl sites for hydroxylation is 2. The molecule has 184 valence electrons. The summed E-state index contributed by atoms with van der Waals surface area (Å²) in [6.07, 6.45) is 0.640. The first kappa shape index (κ1) is 25.0. The standard InChI is InChI=1S/C28H24ClNO6/c1-17-12-22(13-18(2)26(17)29)34-16-25(31)35-21-9-8-20-14-23(28(33)36-24(20)15-21)27(32)30-11-10-19-6-4-3-5-7-19/h3-9,12-15H,10-11,16H2,1-2H3,(H,30,32). The van der Waals surface area contributed by atoms with E-state index >= 15 is 0 Å². The monoisotopic (exact) mass is 505 g/mol. The van der Waals surface area contributed by atoms with Crippen molar-refractivity contribution in [2.24, 2.45) is 0 Å². The van der Waals surface area contributed by atoms with Gasteiger partial charge in [-0.25, -0.2) is 9.59 Å². The van der Waals surface area contributed by atoms with Gasteiger partial charge in [-0.3, -0.25) is 4.79 Å². The number of nitrogens with one attached hydrogen (secondary N) is 1. The molecular formula is C28H24ClNO6. The molecule has 0 atom stereocenters. The van der Waals surface area contributed by atoms with Crippen molar-refractivity contribution in [2.75, 3.05) is 13.2 Å². The highest BCUT2D eigenvalue weighted by Crippen LogP contribution is 2.26. The first-order valence-corrected chi connectivity index (χ1v) is 11.7. The molecule has 1 N–H and O–H groups in total. The molecule has 0 saturated heterocycles. The van der Waals surface area contributed by atoms with Gasteiger partial charge in [0.2, 0.25) is 0 Å². The Bertz CT molecular complexity index is 1460. The molecule has 4 rings (SSSR count). The molecule has 0 aliphatic rings. The van der Waals surface area contributed by atoms with Gasteiger partial charge in [0.05, 0.1) is 0 Å². The summed E-state index contributed by atoms with van der Waals surface area (Å²) in [5.41, 5.74) is 2.08. The van der Waals surface area contributed by atoms with Gasteiger partial charge in [0.15, 0.2) is 6.61 Å². The zero-order chi connectivity index (χ0) is 25.7. The summed E-state index contributed by atoms with van der Waals surface area (Å²) in [6.45, 7) is 3.77. The third kappa shape index (κ3) is 6.12. The van der Waals surface area contributed by atoms with Gasteiger partial charge in [0.1, 0.15) is 22.6 Å². The van der Waals surface area contributed by atoms with E-state index in [-0.39, 0.29) is 23.5 Å². The van der Waals surface area contributed by atoms with Crippen LogP contribution in [0.4, 0.5) is 0 Å². The van der Waals surface area contributed by atoms with Gasteiger partial charge < -0.3 is 19.2 Å². The molecule has 0 spiro atoms. The third-order valence-electron chi connectivity index (χ3n) is 5.49. The molecule has 8 heteroatoms. The molecule has 4 aromatic rings. The Hall–Kier alpha value is -4.10. The molecule has 1 amide bonds. The maximum atomic E-state index is 12.5. The minimum absolute atomic E-state index is 0.0951. The average molecular weight is 506 g/mol. The van der Waals surface area contributed by atoms with Crippen LogP contribution in [0.25, 0.3) is 11.0 Å². The van der Waals surface area contributed by atoms with Crippen molar-refractivity contribution in [1.82, 2.24) is 5.32 Å². The highest BCUT2D eigenvalue weighted by Gasteiger charge is 2.15. The summed E-state index contributed by atoms with van der Waals surface area (Å²) in [4.78, 5) is 37.2. The molecule has 0 bridgehead atoms. The van der Waals surface area contributed by atoms with Gasteiger partial charge in [0.25, 0.3) is 5.91 Å². The van der Waals surface area contributed by atoms with E-state index in [4.69, 9.17) is 25.5 Å². The van der Waals surface area contributed by atoms with Gasteiger partial charge in [0, 0.05) is 23.0 Å². The van der Waals surface area contributed by atoms with E-state index < -0.39 is 17.5 Å². The third-order valence-corrected chi connectivity index (χ3v) is 6.09. The molecule has 0 radical (unpaired) electrons. The van der Waals surface area contributed by atoms with Gasteiger partial charge in [-0.05, 0) is 67.3 Å². The summed E-state index contributed by atoms with van der Waals surface area (Å²) in [6, 6.07) is 19.2. The largest absolute Gasteiger partial charge is 0.482 e. The Morgan fingerprint density at radius 2 is 1.67 bits per heavy atom. The second-order valence-corrected chi connectivity index (χ2v) is 8.65. The molecule has 0 unspecified atom stereocenters. The van der Waals surface area contributed by atoms with Crippen molar-refractivity contribution < 1.29 is 23.5 Å². The van der Waals surface area contributed by atoms with Crippen LogP contribution < -0.4 is 20.4 Å². The number of esters is 1. The Labute approximate surface area is 212 Å². The number of halogens is 1. The fourth-order valence-electron chi connectivity index (χ4n) is 3.67. The first-order valence-electron chi connectivity index (χ1n) is 11.3. The van der Waals surface area contributed by atoms with E-state index in [0.717, 1.165) is 16.7 Å². The fraction of sp³-hybridized carbons (Fsp3) is 0.179. The van der Waals surface area contributed by atoms with Crippen LogP contribution in [0.3, 0.4) is 0 Å². The summed E-state index contributed by atoms with van der Waals surface area (Å²) in [7, 11) is 0. The molecule has 0 aliphatic heterocycles. The van der Waals surface area contributed by atoms with E-state index in [0.29, 0.717) is 29.1 Å². The number of carbonyl (C=O) groups is 2. The van der Waals surface area contributed by atoms with Crippen LogP contribution in [0, 0.1) is 13.8 Å². The normalized spacial score (nSPS) is 10.8. The number of hydrogen-bond acceptors (Lipinski definition) is 6. The topological polar surface area (TPSA) is 94.8 Å². The number of carbonyl (C=O) groups excluding carboxylic acids is 2. The Kier molecular flexibility index (Phi) is 7.71. The zero-order valence-corrected chi connectivity index (χ0v) is 20.6. The second kappa shape index (κ2) is 11.1. The van der Waals surface area contributed by atoms with Gasteiger partial charge >= 0.3 is 11.6 Å². The van der Waals surface area contributed by atoms with Gasteiger partial charge in [-0.15, -0.1) is 0 Å². The molecule has 0 aliphatic carbocycles. The van der Waals surface area contributed by atoms with Crippen LogP contribution in [0.2, 0.25) is 5.02 Å². The SMILES string of the molecule is Cc1cc(OCC(=O)Oc2ccc3cc(C(=O)NCCc4ccccc4)c(=O)oc3c2)cc(C)c1Cl. The fourth-order valence-corrected chi connectivity index (χ4v) is 3.78. The molecule has 3 aromatic carbocycles. The summed E-state index contributed by atoms with van der Waals surface area (Å²) >= 11 is 6.15. The van der Waals surface area contributed by atoms with Crippen LogP contribution in [-0.4, -0.2) is 25.0 Å². The Morgan fingerprint density at radius 3 is 2.39 bits per heavy atom. The highest BCUT2D eigenvalue weighted by molar-refractivity contribution is 6.32. The lowest BCUT2D eigenvalue weighted by Gasteiger charge is -2.10. The minimum atomic E-state index is -0.778. The van der Waals surface area contributed by atoms with E-state index in [1.807, 2.05) is 44.2 Å². The van der Waals surface area contributed by atoms with Crippen LogP contribution in [-0.2, 0) is 11.2 Å². The first-order chi connectivity index (χ1) is 17.3. The molecular weight excluding hydrogens is 482 g/mol. The smallest absolute Gasteiger partial charge is 0.349 e. The molecule has 0 saturated carbocycles. The maximum absolute atomic E-state index is 12.5. The quantitative estimate of drug-likeness (QED) is 0.205. The number of amides is 1. The predicted octanol–water partition coefficient (Wildman–Crippen LogP) is 5.02. The summed E-state index contributed by atoms with van der Waals surface area (Å²) < 4.78 is 16.1. The van der Waals surface area contributed by atoms with E-state index in [1.54, 1.807) is 24.3 Å². The summed E-state index contributed by atoms with van der Waals surface area (Å²) in [5.74, 6) is -0.452. The zero-order valence-electron chi connectivity index (χ0n) is 19.8. The van der Waals surface area contributed by atoms with Crippen LogP contribution in [0.15, 0.2) is 75.9 Å². The molecule has 1 heterocycles. The van der Waals surface area contributed by atoms with Crippen molar-refractivity contribution in [2.45, 2.75) is 20.3 Å². The predicted molar refractivity (Wildman–Crippen MR) is 137 cm³/mol. The maximum Gasteiger partial charge on any atom is 0.349 e. The molecule has 1 aromatic heterocycles. The molecule has 7 nitrogen and oxygen atoms in total. The van der Waals surface area contributed by atoms with Crippen LogP contribution in [0.5, 0.6) is 11.5 Å². The van der Waals surface area contributed by atoms with E-state index in [1.165, 1.54) is 12.1 Å². The number of ether oxygens (including phenoxy) is 2. The Morgan fingerprint density at radius 1 is 0.944 bits per heavy atom. The van der Waals surface area contributed by atoms with Crippen molar-refractivity contribution in [1.29, 1.82) is 0 Å².